The molecule has 0 bridgehead atoms. The van der Waals surface area contributed by atoms with Crippen molar-refractivity contribution in [1.29, 1.82) is 0 Å². The lowest BCUT2D eigenvalue weighted by Crippen LogP contribution is -2.43. The smallest absolute Gasteiger partial charge is 0.0565 e. The molecular formula is C12H23NO. The summed E-state index contributed by atoms with van der Waals surface area (Å²) in [6, 6.07) is 0.703. The number of hydrogen-bond donors (Lipinski definition) is 1. The van der Waals surface area contributed by atoms with E-state index in [1.807, 2.05) is 0 Å². The van der Waals surface area contributed by atoms with Gasteiger partial charge in [0.1, 0.15) is 0 Å². The Morgan fingerprint density at radius 1 is 1.14 bits per heavy atom. The van der Waals surface area contributed by atoms with Crippen molar-refractivity contribution in [2.75, 3.05) is 6.54 Å². The molecule has 2 atom stereocenters. The Morgan fingerprint density at radius 3 is 2.29 bits per heavy atom. The molecule has 0 aromatic heterocycles. The van der Waals surface area contributed by atoms with E-state index in [0.29, 0.717) is 18.2 Å². The Labute approximate surface area is 87.4 Å². The Balaban J connectivity index is 1.68. The average Bonchev–Trinajstić information content (AvgIpc) is 1.99. The molecule has 2 rings (SSSR count). The Morgan fingerprint density at radius 2 is 1.79 bits per heavy atom. The van der Waals surface area contributed by atoms with Gasteiger partial charge in [-0.05, 0) is 52.0 Å². The second-order valence-electron chi connectivity index (χ2n) is 5.13. The fourth-order valence-electron chi connectivity index (χ4n) is 2.60. The third kappa shape index (κ3) is 2.71. The zero-order valence-electron chi connectivity index (χ0n) is 9.46. The SMILES string of the molecule is CC1CC(NCC2CCC2)CC(C)O1. The third-order valence-corrected chi connectivity index (χ3v) is 3.62. The molecule has 2 nitrogen and oxygen atoms in total. The number of ether oxygens (including phenoxy) is 1. The van der Waals surface area contributed by atoms with Gasteiger partial charge < -0.3 is 10.1 Å². The van der Waals surface area contributed by atoms with E-state index < -0.39 is 0 Å². The van der Waals surface area contributed by atoms with Crippen LogP contribution in [0.1, 0.15) is 46.0 Å². The molecule has 2 fully saturated rings. The van der Waals surface area contributed by atoms with Gasteiger partial charge in [-0.15, -0.1) is 0 Å². The summed E-state index contributed by atoms with van der Waals surface area (Å²) >= 11 is 0. The molecule has 0 spiro atoms. The summed E-state index contributed by atoms with van der Waals surface area (Å²) in [4.78, 5) is 0. The molecular weight excluding hydrogens is 174 g/mol. The van der Waals surface area contributed by atoms with Crippen LogP contribution >= 0.6 is 0 Å². The van der Waals surface area contributed by atoms with E-state index in [4.69, 9.17) is 4.74 Å². The van der Waals surface area contributed by atoms with Crippen LogP contribution in [-0.2, 0) is 4.74 Å². The minimum atomic E-state index is 0.442. The molecule has 2 heteroatoms. The van der Waals surface area contributed by atoms with Gasteiger partial charge in [0.25, 0.3) is 0 Å². The van der Waals surface area contributed by atoms with Gasteiger partial charge in [-0.3, -0.25) is 0 Å². The highest BCUT2D eigenvalue weighted by Crippen LogP contribution is 2.26. The van der Waals surface area contributed by atoms with Crippen molar-refractivity contribution in [1.82, 2.24) is 5.32 Å². The molecule has 1 aliphatic heterocycles. The normalized spacial score (nSPS) is 39.4. The quantitative estimate of drug-likeness (QED) is 0.750. The van der Waals surface area contributed by atoms with Crippen molar-refractivity contribution >= 4 is 0 Å². The first-order valence-corrected chi connectivity index (χ1v) is 6.13. The second kappa shape index (κ2) is 4.63. The first-order chi connectivity index (χ1) is 6.74. The van der Waals surface area contributed by atoms with E-state index in [0.717, 1.165) is 5.92 Å². The topological polar surface area (TPSA) is 21.3 Å². The first kappa shape index (κ1) is 10.4. The predicted molar refractivity (Wildman–Crippen MR) is 58.4 cm³/mol. The number of nitrogens with one attached hydrogen (secondary N) is 1. The van der Waals surface area contributed by atoms with E-state index in [9.17, 15) is 0 Å². The number of hydrogen-bond acceptors (Lipinski definition) is 2. The predicted octanol–water partition coefficient (Wildman–Crippen LogP) is 2.33. The Kier molecular flexibility index (Phi) is 3.45. The molecule has 14 heavy (non-hydrogen) atoms. The summed E-state index contributed by atoms with van der Waals surface area (Å²) in [6.07, 6.45) is 7.61. The first-order valence-electron chi connectivity index (χ1n) is 6.13. The van der Waals surface area contributed by atoms with Crippen molar-refractivity contribution in [3.63, 3.8) is 0 Å². The van der Waals surface area contributed by atoms with E-state index in [1.165, 1.54) is 38.6 Å². The van der Waals surface area contributed by atoms with Gasteiger partial charge >= 0.3 is 0 Å². The van der Waals surface area contributed by atoms with Crippen LogP contribution in [0.5, 0.6) is 0 Å². The lowest BCUT2D eigenvalue weighted by atomic mass is 9.85. The van der Waals surface area contributed by atoms with Crippen molar-refractivity contribution in [2.45, 2.75) is 64.2 Å². The maximum absolute atomic E-state index is 5.72. The van der Waals surface area contributed by atoms with Crippen LogP contribution < -0.4 is 5.32 Å². The van der Waals surface area contributed by atoms with Gasteiger partial charge in [-0.25, -0.2) is 0 Å². The van der Waals surface area contributed by atoms with E-state index in [2.05, 4.69) is 19.2 Å². The molecule has 2 aliphatic rings. The molecule has 0 aromatic carbocycles. The highest BCUT2D eigenvalue weighted by Gasteiger charge is 2.25. The zero-order chi connectivity index (χ0) is 9.97. The van der Waals surface area contributed by atoms with Crippen molar-refractivity contribution in [3.05, 3.63) is 0 Å². The fourth-order valence-corrected chi connectivity index (χ4v) is 2.60. The zero-order valence-corrected chi connectivity index (χ0v) is 9.46. The summed E-state index contributed by atoms with van der Waals surface area (Å²) in [5.41, 5.74) is 0. The van der Waals surface area contributed by atoms with Crippen molar-refractivity contribution < 1.29 is 4.74 Å². The Hall–Kier alpha value is -0.0800. The van der Waals surface area contributed by atoms with Gasteiger partial charge in [0, 0.05) is 6.04 Å². The van der Waals surface area contributed by atoms with Gasteiger partial charge in [0.2, 0.25) is 0 Å². The molecule has 1 saturated heterocycles. The largest absolute Gasteiger partial charge is 0.375 e. The van der Waals surface area contributed by atoms with Crippen LogP contribution in [0, 0.1) is 5.92 Å². The lowest BCUT2D eigenvalue weighted by molar-refractivity contribution is -0.0428. The molecule has 0 amide bonds. The molecule has 0 radical (unpaired) electrons. The maximum atomic E-state index is 5.72. The summed E-state index contributed by atoms with van der Waals surface area (Å²) in [5.74, 6) is 0.975. The van der Waals surface area contributed by atoms with Crippen LogP contribution in [0.25, 0.3) is 0 Å². The Bertz CT molecular complexity index is 169. The third-order valence-electron chi connectivity index (χ3n) is 3.62. The van der Waals surface area contributed by atoms with Gasteiger partial charge in [0.15, 0.2) is 0 Å². The summed E-state index contributed by atoms with van der Waals surface area (Å²) < 4.78 is 5.72. The highest BCUT2D eigenvalue weighted by atomic mass is 16.5. The maximum Gasteiger partial charge on any atom is 0.0565 e. The van der Waals surface area contributed by atoms with E-state index in [1.54, 1.807) is 0 Å². The molecule has 82 valence electrons. The summed E-state index contributed by atoms with van der Waals surface area (Å²) in [6.45, 7) is 5.62. The monoisotopic (exact) mass is 197 g/mol. The van der Waals surface area contributed by atoms with Gasteiger partial charge in [-0.1, -0.05) is 6.42 Å². The van der Waals surface area contributed by atoms with Crippen LogP contribution in [0.2, 0.25) is 0 Å². The lowest BCUT2D eigenvalue weighted by Gasteiger charge is -2.35. The van der Waals surface area contributed by atoms with Crippen LogP contribution in [0.3, 0.4) is 0 Å². The molecule has 1 heterocycles. The van der Waals surface area contributed by atoms with Gasteiger partial charge in [0.05, 0.1) is 12.2 Å². The van der Waals surface area contributed by atoms with Crippen molar-refractivity contribution in [2.24, 2.45) is 5.92 Å². The molecule has 0 aromatic rings. The van der Waals surface area contributed by atoms with Crippen molar-refractivity contribution in [3.8, 4) is 0 Å². The standard InChI is InChI=1S/C12H23NO/c1-9-6-12(7-10(2)14-9)13-8-11-4-3-5-11/h9-13H,3-8H2,1-2H3. The minimum absolute atomic E-state index is 0.442. The number of rotatable bonds is 3. The molecule has 1 saturated carbocycles. The van der Waals surface area contributed by atoms with Crippen LogP contribution in [-0.4, -0.2) is 24.8 Å². The average molecular weight is 197 g/mol. The molecule has 2 unspecified atom stereocenters. The molecule has 1 aliphatic carbocycles. The van der Waals surface area contributed by atoms with Crippen LogP contribution in [0.15, 0.2) is 0 Å². The highest BCUT2D eigenvalue weighted by molar-refractivity contribution is 4.81. The summed E-state index contributed by atoms with van der Waals surface area (Å²) in [5, 5.41) is 3.70. The molecule has 1 N–H and O–H groups in total. The fraction of sp³-hybridized carbons (Fsp3) is 1.00. The van der Waals surface area contributed by atoms with Crippen LogP contribution in [0.4, 0.5) is 0 Å². The van der Waals surface area contributed by atoms with E-state index in [-0.39, 0.29) is 0 Å². The minimum Gasteiger partial charge on any atom is -0.375 e. The summed E-state index contributed by atoms with van der Waals surface area (Å²) in [7, 11) is 0. The van der Waals surface area contributed by atoms with Gasteiger partial charge in [-0.2, -0.15) is 0 Å². The van der Waals surface area contributed by atoms with E-state index >= 15 is 0 Å². The second-order valence-corrected chi connectivity index (χ2v) is 5.13.